The number of aliphatic imine (C=N–C) groups is 1. The molecule has 3 rings (SSSR count). The Bertz CT molecular complexity index is 446. The van der Waals surface area contributed by atoms with Gasteiger partial charge in [-0.3, -0.25) is 4.99 Å². The molecule has 3 heterocycles. The molecule has 2 N–H and O–H groups in total. The van der Waals surface area contributed by atoms with Crippen LogP contribution in [0, 0.1) is 0 Å². The highest BCUT2D eigenvalue weighted by molar-refractivity contribution is 7.07. The minimum atomic E-state index is 0.390. The summed E-state index contributed by atoms with van der Waals surface area (Å²) in [6, 6.07) is 2.61. The zero-order valence-electron chi connectivity index (χ0n) is 12.0. The van der Waals surface area contributed by atoms with Gasteiger partial charge >= 0.3 is 0 Å². The molecule has 0 amide bonds. The van der Waals surface area contributed by atoms with Gasteiger partial charge in [-0.25, -0.2) is 0 Å². The van der Waals surface area contributed by atoms with Crippen LogP contribution in [0.25, 0.3) is 0 Å². The Labute approximate surface area is 124 Å². The van der Waals surface area contributed by atoms with Crippen LogP contribution >= 0.6 is 11.3 Å². The van der Waals surface area contributed by atoms with Gasteiger partial charge in [0.2, 0.25) is 0 Å². The second-order valence-electron chi connectivity index (χ2n) is 5.50. The summed E-state index contributed by atoms with van der Waals surface area (Å²) in [7, 11) is 0. The Hall–Kier alpha value is -1.07. The molecule has 0 aromatic carbocycles. The number of nitrogens with one attached hydrogen (secondary N) is 2. The summed E-state index contributed by atoms with van der Waals surface area (Å²) >= 11 is 1.75. The van der Waals surface area contributed by atoms with Gasteiger partial charge in [-0.2, -0.15) is 11.3 Å². The third-order valence-corrected chi connectivity index (χ3v) is 4.75. The quantitative estimate of drug-likeness (QED) is 0.646. The van der Waals surface area contributed by atoms with Gasteiger partial charge in [0.15, 0.2) is 5.96 Å². The fourth-order valence-electron chi connectivity index (χ4n) is 3.02. The second kappa shape index (κ2) is 6.59. The molecule has 1 aromatic rings. The smallest absolute Gasteiger partial charge is 0.191 e. The lowest BCUT2D eigenvalue weighted by Gasteiger charge is -2.22. The molecule has 3 unspecified atom stereocenters. The first-order valence-corrected chi connectivity index (χ1v) is 8.51. The van der Waals surface area contributed by atoms with Crippen LogP contribution in [0.3, 0.4) is 0 Å². The Kier molecular flexibility index (Phi) is 4.58. The van der Waals surface area contributed by atoms with E-state index in [1.165, 1.54) is 18.4 Å². The maximum absolute atomic E-state index is 5.88. The highest BCUT2D eigenvalue weighted by atomic mass is 32.1. The molecule has 20 heavy (non-hydrogen) atoms. The molecule has 0 radical (unpaired) electrons. The lowest BCUT2D eigenvalue weighted by atomic mass is 9.96. The average molecular weight is 293 g/mol. The summed E-state index contributed by atoms with van der Waals surface area (Å²) in [5.74, 6) is 0.934. The van der Waals surface area contributed by atoms with E-state index in [2.05, 4.69) is 39.4 Å². The van der Waals surface area contributed by atoms with Gasteiger partial charge < -0.3 is 15.4 Å². The Morgan fingerprint density at radius 2 is 2.45 bits per heavy atom. The molecule has 2 fully saturated rings. The first-order valence-electron chi connectivity index (χ1n) is 7.56. The van der Waals surface area contributed by atoms with Crippen molar-refractivity contribution in [1.82, 2.24) is 10.6 Å². The highest BCUT2D eigenvalue weighted by Gasteiger charge is 2.41. The van der Waals surface area contributed by atoms with E-state index in [9.17, 15) is 0 Å². The van der Waals surface area contributed by atoms with Gasteiger partial charge in [0, 0.05) is 13.1 Å². The molecule has 0 saturated carbocycles. The van der Waals surface area contributed by atoms with Crippen LogP contribution in [0.5, 0.6) is 0 Å². The molecule has 4 nitrogen and oxygen atoms in total. The van der Waals surface area contributed by atoms with E-state index in [1.54, 1.807) is 11.3 Å². The molecule has 1 aromatic heterocycles. The van der Waals surface area contributed by atoms with Crippen molar-refractivity contribution in [2.75, 3.05) is 13.1 Å². The fourth-order valence-corrected chi connectivity index (χ4v) is 3.72. The summed E-state index contributed by atoms with van der Waals surface area (Å²) in [5.41, 5.74) is 1.37. The van der Waals surface area contributed by atoms with Gasteiger partial charge in [0.05, 0.1) is 18.2 Å². The van der Waals surface area contributed by atoms with Gasteiger partial charge in [0.25, 0.3) is 0 Å². The number of ether oxygens (including phenoxy) is 1. The van der Waals surface area contributed by atoms with Gasteiger partial charge in [-0.1, -0.05) is 0 Å². The van der Waals surface area contributed by atoms with Crippen LogP contribution in [0.4, 0.5) is 0 Å². The Balaban J connectivity index is 1.52. The van der Waals surface area contributed by atoms with Crippen molar-refractivity contribution in [2.45, 2.75) is 50.9 Å². The van der Waals surface area contributed by atoms with Crippen molar-refractivity contribution < 1.29 is 4.74 Å². The fraction of sp³-hybridized carbons (Fsp3) is 0.667. The van der Waals surface area contributed by atoms with E-state index in [4.69, 9.17) is 4.74 Å². The van der Waals surface area contributed by atoms with Crippen LogP contribution in [0.15, 0.2) is 21.8 Å². The van der Waals surface area contributed by atoms with Crippen molar-refractivity contribution >= 4 is 17.3 Å². The van der Waals surface area contributed by atoms with Crippen LogP contribution in [0.1, 0.15) is 31.7 Å². The maximum atomic E-state index is 5.88. The zero-order chi connectivity index (χ0) is 13.8. The summed E-state index contributed by atoms with van der Waals surface area (Å²) in [4.78, 5) is 4.68. The van der Waals surface area contributed by atoms with Crippen molar-refractivity contribution in [3.63, 3.8) is 0 Å². The molecule has 5 heteroatoms. The number of rotatable bonds is 5. The number of fused-ring (bicyclic) bond motifs is 2. The average Bonchev–Trinajstić information content (AvgIpc) is 3.16. The lowest BCUT2D eigenvalue weighted by molar-refractivity contribution is 0.0992. The summed E-state index contributed by atoms with van der Waals surface area (Å²) in [6.45, 7) is 3.83. The predicted molar refractivity (Wildman–Crippen MR) is 83.4 cm³/mol. The number of nitrogens with zero attached hydrogens (tertiary/aromatic N) is 1. The van der Waals surface area contributed by atoms with Crippen LogP contribution in [-0.2, 0) is 11.2 Å². The van der Waals surface area contributed by atoms with E-state index in [-0.39, 0.29) is 0 Å². The van der Waals surface area contributed by atoms with Crippen LogP contribution < -0.4 is 10.6 Å². The van der Waals surface area contributed by atoms with E-state index in [0.29, 0.717) is 18.2 Å². The van der Waals surface area contributed by atoms with Crippen molar-refractivity contribution in [3.05, 3.63) is 22.4 Å². The number of hydrogen-bond acceptors (Lipinski definition) is 3. The summed E-state index contributed by atoms with van der Waals surface area (Å²) in [5, 5.41) is 11.2. The summed E-state index contributed by atoms with van der Waals surface area (Å²) < 4.78 is 5.88. The molecule has 0 aliphatic carbocycles. The molecule has 110 valence electrons. The first kappa shape index (κ1) is 13.9. The van der Waals surface area contributed by atoms with Gasteiger partial charge in [-0.15, -0.1) is 0 Å². The maximum Gasteiger partial charge on any atom is 0.191 e. The van der Waals surface area contributed by atoms with Crippen LogP contribution in [-0.4, -0.2) is 37.3 Å². The molecule has 3 atom stereocenters. The molecule has 0 spiro atoms. The largest absolute Gasteiger partial charge is 0.373 e. The minimum absolute atomic E-state index is 0.390. The zero-order valence-corrected chi connectivity index (χ0v) is 12.8. The molecule has 2 saturated heterocycles. The van der Waals surface area contributed by atoms with E-state index in [1.807, 2.05) is 0 Å². The standard InChI is InChI=1S/C15H23N3OS/c1-2-16-15(17-7-5-11-6-8-20-10-11)18-13-9-12-3-4-14(13)19-12/h6,8,10,12-14H,2-5,7,9H2,1H3,(H2,16,17,18). The van der Waals surface area contributed by atoms with E-state index >= 15 is 0 Å². The predicted octanol–water partition coefficient (Wildman–Crippen LogP) is 2.17. The molecular formula is C15H23N3OS. The Morgan fingerprint density at radius 3 is 3.10 bits per heavy atom. The number of guanidine groups is 1. The summed E-state index contributed by atoms with van der Waals surface area (Å²) in [6.07, 6.45) is 5.42. The SMILES string of the molecule is CCNC(=NCCc1ccsc1)NC1CC2CCC1O2. The lowest BCUT2D eigenvalue weighted by Crippen LogP contribution is -2.47. The monoisotopic (exact) mass is 293 g/mol. The third-order valence-electron chi connectivity index (χ3n) is 4.02. The topological polar surface area (TPSA) is 45.7 Å². The normalized spacial score (nSPS) is 28.9. The number of hydrogen-bond donors (Lipinski definition) is 2. The molecule has 2 aliphatic rings. The second-order valence-corrected chi connectivity index (χ2v) is 6.28. The van der Waals surface area contributed by atoms with Crippen molar-refractivity contribution in [2.24, 2.45) is 4.99 Å². The third kappa shape index (κ3) is 3.33. The molecule has 2 aliphatic heterocycles. The van der Waals surface area contributed by atoms with Crippen molar-refractivity contribution in [3.8, 4) is 0 Å². The van der Waals surface area contributed by atoms with E-state index in [0.717, 1.165) is 31.9 Å². The number of thiophene rings is 1. The van der Waals surface area contributed by atoms with Crippen LogP contribution in [0.2, 0.25) is 0 Å². The highest BCUT2D eigenvalue weighted by Crippen LogP contribution is 2.34. The van der Waals surface area contributed by atoms with Gasteiger partial charge in [0.1, 0.15) is 0 Å². The van der Waals surface area contributed by atoms with Gasteiger partial charge in [-0.05, 0) is 55.0 Å². The Morgan fingerprint density at radius 1 is 1.50 bits per heavy atom. The molecular weight excluding hydrogens is 270 g/mol. The van der Waals surface area contributed by atoms with E-state index < -0.39 is 0 Å². The van der Waals surface area contributed by atoms with Crippen molar-refractivity contribution in [1.29, 1.82) is 0 Å². The molecule has 2 bridgehead atoms. The first-order chi connectivity index (χ1) is 9.85. The minimum Gasteiger partial charge on any atom is -0.373 e.